The summed E-state index contributed by atoms with van der Waals surface area (Å²) in [5, 5.41) is 13.6. The molecule has 0 heterocycles. The first kappa shape index (κ1) is 9.10. The summed E-state index contributed by atoms with van der Waals surface area (Å²) < 4.78 is 0. The van der Waals surface area contributed by atoms with Gasteiger partial charge in [0.05, 0.1) is 0 Å². The van der Waals surface area contributed by atoms with Crippen molar-refractivity contribution in [3.05, 3.63) is 20.6 Å². The molecule has 0 aliphatic rings. The minimum atomic E-state index is -1.50. The van der Waals surface area contributed by atoms with Crippen LogP contribution in [-0.2, 0) is 0 Å². The van der Waals surface area contributed by atoms with Crippen LogP contribution in [0.5, 0.6) is 0 Å². The third-order valence-electron chi connectivity index (χ3n) is 0. The fourth-order valence-electron chi connectivity index (χ4n) is 0. The van der Waals surface area contributed by atoms with Gasteiger partial charge < -0.3 is 5.21 Å². The summed E-state index contributed by atoms with van der Waals surface area (Å²) in [5.41, 5.74) is 12.2. The van der Waals surface area contributed by atoms with E-state index in [1.165, 1.54) is 0 Å². The fraction of sp³-hybridized carbons (Fsp3) is 0. The Kier molecular flexibility index (Phi) is 11.5. The second-order valence-corrected chi connectivity index (χ2v) is 0.338. The van der Waals surface area contributed by atoms with Crippen LogP contribution in [0.4, 0.5) is 0 Å². The van der Waals surface area contributed by atoms with Crippen molar-refractivity contribution in [1.29, 1.82) is 5.53 Å². The molecule has 0 bridgehead atoms. The highest BCUT2D eigenvalue weighted by atomic mass is 16.9. The molecule has 0 aromatic carbocycles. The van der Waals surface area contributed by atoms with Crippen molar-refractivity contribution in [2.75, 3.05) is 0 Å². The maximum absolute atomic E-state index is 8.36. The van der Waals surface area contributed by atoms with E-state index in [9.17, 15) is 0 Å². The summed E-state index contributed by atoms with van der Waals surface area (Å²) in [5.74, 6) is 0. The largest absolute Gasteiger partial charge is 0.328 e. The monoisotopic (exact) mass is 106 g/mol. The standard InChI is InChI=1S/HN3.HNO3/c1-3-2;2-1(3)4/h1H;(H,2,3,4). The molecule has 0 rings (SSSR count). The number of hydrogen-bond donors (Lipinski definition) is 2. The van der Waals surface area contributed by atoms with Crippen LogP contribution in [0.25, 0.3) is 10.4 Å². The van der Waals surface area contributed by atoms with E-state index in [4.69, 9.17) is 26.4 Å². The Labute approximate surface area is 37.7 Å². The molecule has 0 aliphatic carbocycles. The summed E-state index contributed by atoms with van der Waals surface area (Å²) in [6.45, 7) is 0. The van der Waals surface area contributed by atoms with E-state index in [0.29, 0.717) is 0 Å². The molecule has 0 spiro atoms. The maximum Gasteiger partial charge on any atom is 0.291 e. The zero-order valence-corrected chi connectivity index (χ0v) is 3.11. The summed E-state index contributed by atoms with van der Waals surface area (Å²) in [4.78, 5) is 10.1. The van der Waals surface area contributed by atoms with Gasteiger partial charge in [0.2, 0.25) is 0 Å². The fourth-order valence-corrected chi connectivity index (χ4v) is 0. The van der Waals surface area contributed by atoms with Crippen LogP contribution < -0.4 is 0 Å². The van der Waals surface area contributed by atoms with Crippen LogP contribution >= 0.6 is 0 Å². The van der Waals surface area contributed by atoms with E-state index in [1.54, 1.807) is 4.91 Å². The van der Waals surface area contributed by atoms with Gasteiger partial charge in [-0.2, -0.15) is 0 Å². The zero-order valence-electron chi connectivity index (χ0n) is 3.11. The van der Waals surface area contributed by atoms with Crippen LogP contribution in [-0.4, -0.2) is 10.3 Å². The molecule has 7 nitrogen and oxygen atoms in total. The van der Waals surface area contributed by atoms with Crippen molar-refractivity contribution < 1.29 is 10.3 Å². The first-order valence-corrected chi connectivity index (χ1v) is 0.989. The van der Waals surface area contributed by atoms with Crippen molar-refractivity contribution in [1.82, 2.24) is 0 Å². The van der Waals surface area contributed by atoms with E-state index < -0.39 is 5.09 Å². The summed E-state index contributed by atoms with van der Waals surface area (Å²) >= 11 is 0. The van der Waals surface area contributed by atoms with Crippen molar-refractivity contribution >= 4 is 0 Å². The van der Waals surface area contributed by atoms with Crippen LogP contribution in [0.3, 0.4) is 0 Å². The highest BCUT2D eigenvalue weighted by molar-refractivity contribution is 4.18. The molecule has 7 heteroatoms. The molecule has 7 heavy (non-hydrogen) atoms. The predicted octanol–water partition coefficient (Wildman–Crippen LogP) is 0.528. The Balaban J connectivity index is 0. The van der Waals surface area contributed by atoms with Gasteiger partial charge in [-0.05, 0) is 10.4 Å². The van der Waals surface area contributed by atoms with Gasteiger partial charge in [-0.1, -0.05) is 0 Å². The zero-order chi connectivity index (χ0) is 6.28. The molecule has 0 aliphatic heterocycles. The lowest BCUT2D eigenvalue weighted by atomic mass is 13.0. The number of nitrogens with zero attached hydrogens (tertiary/aromatic N) is 3. The first-order valence-electron chi connectivity index (χ1n) is 0.989. The second kappa shape index (κ2) is 8.82. The van der Waals surface area contributed by atoms with E-state index in [0.717, 1.165) is 0 Å². The van der Waals surface area contributed by atoms with Crippen molar-refractivity contribution in [2.24, 2.45) is 0 Å². The highest BCUT2D eigenvalue weighted by Crippen LogP contribution is 1.38. The second-order valence-electron chi connectivity index (χ2n) is 0.338. The van der Waals surface area contributed by atoms with Gasteiger partial charge in [-0.15, -0.1) is 15.6 Å². The third kappa shape index (κ3) is 12.8. The molecule has 0 saturated carbocycles. The molecular formula is H2N4O3. The summed E-state index contributed by atoms with van der Waals surface area (Å²) in [6, 6.07) is 0. The molecule has 2 N–H and O–H groups in total. The minimum absolute atomic E-state index is 1.50. The van der Waals surface area contributed by atoms with Crippen LogP contribution in [0, 0.1) is 15.6 Å². The van der Waals surface area contributed by atoms with Crippen LogP contribution in [0.15, 0.2) is 0 Å². The molecule has 0 aromatic heterocycles. The smallest absolute Gasteiger partial charge is 0.291 e. The number of nitrogens with one attached hydrogen (secondary N) is 1. The topological polar surface area (TPSA) is 124 Å². The molecule has 0 amide bonds. The van der Waals surface area contributed by atoms with E-state index in [-0.39, 0.29) is 0 Å². The van der Waals surface area contributed by atoms with Crippen LogP contribution in [0.2, 0.25) is 0 Å². The number of rotatable bonds is 0. The van der Waals surface area contributed by atoms with E-state index in [2.05, 4.69) is 0 Å². The van der Waals surface area contributed by atoms with Crippen LogP contribution in [0.1, 0.15) is 0 Å². The minimum Gasteiger partial charge on any atom is -0.328 e. The molecule has 0 atom stereocenters. The quantitative estimate of drug-likeness (QED) is 0.154. The van der Waals surface area contributed by atoms with E-state index in [1.807, 2.05) is 0 Å². The number of hydrogen-bond acceptors (Lipinski definition) is 3. The van der Waals surface area contributed by atoms with Gasteiger partial charge >= 0.3 is 0 Å². The van der Waals surface area contributed by atoms with Crippen molar-refractivity contribution in [2.45, 2.75) is 0 Å². The summed E-state index contributed by atoms with van der Waals surface area (Å²) in [7, 11) is 0. The lowest BCUT2D eigenvalue weighted by Crippen LogP contribution is -1.81. The van der Waals surface area contributed by atoms with Gasteiger partial charge in [0.25, 0.3) is 5.09 Å². The van der Waals surface area contributed by atoms with Gasteiger partial charge in [-0.3, -0.25) is 0 Å². The van der Waals surface area contributed by atoms with Crippen molar-refractivity contribution in [3.8, 4) is 0 Å². The van der Waals surface area contributed by atoms with Gasteiger partial charge in [0.1, 0.15) is 0 Å². The lowest BCUT2D eigenvalue weighted by Gasteiger charge is -1.56. The van der Waals surface area contributed by atoms with Gasteiger partial charge in [0.15, 0.2) is 0 Å². The third-order valence-corrected chi connectivity index (χ3v) is 0. The SMILES string of the molecule is O=[N+]([O-])O.[N-]=[N+]=N. The molecule has 0 radical (unpaired) electrons. The van der Waals surface area contributed by atoms with Gasteiger partial charge in [0, 0.05) is 0 Å². The molecule has 40 valence electrons. The molecule has 0 fully saturated rings. The first-order chi connectivity index (χ1) is 3.15. The molecular weight excluding hydrogens is 104 g/mol. The highest BCUT2D eigenvalue weighted by Gasteiger charge is 1.65. The Hall–Kier alpha value is -1.49. The lowest BCUT2D eigenvalue weighted by molar-refractivity contribution is -0.742. The average Bonchev–Trinajstić information content (AvgIpc) is 1.33. The average molecular weight is 106 g/mol. The summed E-state index contributed by atoms with van der Waals surface area (Å²) in [6.07, 6.45) is 0. The molecule has 0 unspecified atom stereocenters. The predicted molar refractivity (Wildman–Crippen MR) is 18.2 cm³/mol. The molecule has 0 saturated heterocycles. The van der Waals surface area contributed by atoms with Gasteiger partial charge in [-0.25, -0.2) is 0 Å². The van der Waals surface area contributed by atoms with Crippen molar-refractivity contribution in [3.63, 3.8) is 0 Å². The normalized spacial score (nSPS) is 4.57. The maximum atomic E-state index is 8.36. The Bertz CT molecular complexity index is 74.9. The van der Waals surface area contributed by atoms with E-state index >= 15 is 0 Å². The Morgan fingerprint density at radius 1 is 2.00 bits per heavy atom. The Morgan fingerprint density at radius 3 is 2.00 bits per heavy atom. The molecule has 0 aromatic rings. The Morgan fingerprint density at radius 2 is 2.00 bits per heavy atom.